The zero-order valence-corrected chi connectivity index (χ0v) is 13.8. The molecule has 3 N–H and O–H groups in total. The predicted octanol–water partition coefficient (Wildman–Crippen LogP) is 1.32. The minimum Gasteiger partial charge on any atom is -0.392 e. The standard InChI is InChI=1S/C15H22N2O5S/c1-22-10-15(19)16-11-6-8-12(9-7-11)17-23(20,21)14-5-3-2-4-13(14)18/h6-9,13-14,17-18H,2-5,10H2,1H3,(H,16,19)/t13-,14+/m0/s1. The minimum absolute atomic E-state index is 0.0477. The van der Waals surface area contributed by atoms with E-state index in [2.05, 4.69) is 10.0 Å². The second kappa shape index (κ2) is 7.76. The molecular formula is C15H22N2O5S. The molecule has 8 heteroatoms. The molecule has 0 bridgehead atoms. The summed E-state index contributed by atoms with van der Waals surface area (Å²) in [7, 11) is -2.21. The fourth-order valence-electron chi connectivity index (χ4n) is 2.63. The number of ether oxygens (including phenoxy) is 1. The number of hydrogen-bond donors (Lipinski definition) is 3. The fraction of sp³-hybridized carbons (Fsp3) is 0.533. The van der Waals surface area contributed by atoms with E-state index in [0.717, 1.165) is 12.8 Å². The average molecular weight is 342 g/mol. The quantitative estimate of drug-likeness (QED) is 0.723. The number of methoxy groups -OCH3 is 1. The maximum atomic E-state index is 12.4. The molecular weight excluding hydrogens is 320 g/mol. The zero-order valence-electron chi connectivity index (χ0n) is 13.0. The number of amides is 1. The molecule has 2 rings (SSSR count). The highest BCUT2D eigenvalue weighted by molar-refractivity contribution is 7.93. The van der Waals surface area contributed by atoms with Crippen LogP contribution in [0.5, 0.6) is 0 Å². The summed E-state index contributed by atoms with van der Waals surface area (Å²) < 4.78 is 31.9. The van der Waals surface area contributed by atoms with E-state index < -0.39 is 21.4 Å². The van der Waals surface area contributed by atoms with Crippen LogP contribution in [-0.4, -0.2) is 44.5 Å². The van der Waals surface area contributed by atoms with E-state index in [1.54, 1.807) is 24.3 Å². The number of hydrogen-bond acceptors (Lipinski definition) is 5. The van der Waals surface area contributed by atoms with Crippen molar-refractivity contribution in [3.8, 4) is 0 Å². The Balaban J connectivity index is 2.01. The smallest absolute Gasteiger partial charge is 0.250 e. The Kier molecular flexibility index (Phi) is 5.97. The van der Waals surface area contributed by atoms with E-state index in [-0.39, 0.29) is 12.5 Å². The summed E-state index contributed by atoms with van der Waals surface area (Å²) in [5, 5.41) is 11.7. The van der Waals surface area contributed by atoms with Gasteiger partial charge in [0.25, 0.3) is 0 Å². The molecule has 0 spiro atoms. The molecule has 2 atom stereocenters. The zero-order chi connectivity index (χ0) is 16.9. The largest absolute Gasteiger partial charge is 0.392 e. The first-order valence-electron chi connectivity index (χ1n) is 7.51. The van der Waals surface area contributed by atoms with Gasteiger partial charge in [-0.05, 0) is 37.1 Å². The molecule has 0 saturated heterocycles. The van der Waals surface area contributed by atoms with E-state index in [0.29, 0.717) is 24.2 Å². The van der Waals surface area contributed by atoms with Crippen LogP contribution in [0.3, 0.4) is 0 Å². The van der Waals surface area contributed by atoms with Gasteiger partial charge in [0.05, 0.1) is 6.10 Å². The maximum Gasteiger partial charge on any atom is 0.250 e. The minimum atomic E-state index is -3.64. The lowest BCUT2D eigenvalue weighted by molar-refractivity contribution is -0.119. The highest BCUT2D eigenvalue weighted by atomic mass is 32.2. The molecule has 1 amide bonds. The van der Waals surface area contributed by atoms with Gasteiger partial charge in [-0.1, -0.05) is 12.8 Å². The number of carbonyl (C=O) groups excluding carboxylic acids is 1. The molecule has 128 valence electrons. The first-order chi connectivity index (χ1) is 10.9. The van der Waals surface area contributed by atoms with Gasteiger partial charge in [0.1, 0.15) is 11.9 Å². The molecule has 1 aromatic carbocycles. The molecule has 0 radical (unpaired) electrons. The van der Waals surface area contributed by atoms with Crippen LogP contribution in [0, 0.1) is 0 Å². The van der Waals surface area contributed by atoms with Crippen LogP contribution >= 0.6 is 0 Å². The number of sulfonamides is 1. The fourth-order valence-corrected chi connectivity index (χ4v) is 4.27. The molecule has 0 heterocycles. The second-order valence-corrected chi connectivity index (χ2v) is 7.50. The Hall–Kier alpha value is -1.64. The molecule has 23 heavy (non-hydrogen) atoms. The van der Waals surface area contributed by atoms with Gasteiger partial charge < -0.3 is 15.2 Å². The number of benzene rings is 1. The van der Waals surface area contributed by atoms with Gasteiger partial charge in [0.2, 0.25) is 15.9 Å². The first-order valence-corrected chi connectivity index (χ1v) is 9.05. The number of rotatable bonds is 6. The van der Waals surface area contributed by atoms with Gasteiger partial charge >= 0.3 is 0 Å². The highest BCUT2D eigenvalue weighted by Gasteiger charge is 2.34. The van der Waals surface area contributed by atoms with Crippen LogP contribution in [0.4, 0.5) is 11.4 Å². The SMILES string of the molecule is COCC(=O)Nc1ccc(NS(=O)(=O)[C@@H]2CCCC[C@@H]2O)cc1. The third kappa shape index (κ3) is 4.92. The first kappa shape index (κ1) is 17.7. The monoisotopic (exact) mass is 342 g/mol. The Bertz CT molecular complexity index is 630. The van der Waals surface area contributed by atoms with Crippen molar-refractivity contribution in [3.05, 3.63) is 24.3 Å². The van der Waals surface area contributed by atoms with Crippen molar-refractivity contribution in [1.82, 2.24) is 0 Å². The molecule has 1 aliphatic rings. The lowest BCUT2D eigenvalue weighted by Gasteiger charge is -2.27. The Morgan fingerprint density at radius 1 is 1.22 bits per heavy atom. The third-order valence-electron chi connectivity index (χ3n) is 3.77. The van der Waals surface area contributed by atoms with Crippen molar-refractivity contribution in [3.63, 3.8) is 0 Å². The van der Waals surface area contributed by atoms with E-state index in [4.69, 9.17) is 4.74 Å². The average Bonchev–Trinajstić information content (AvgIpc) is 2.49. The summed E-state index contributed by atoms with van der Waals surface area (Å²) in [6, 6.07) is 6.33. The summed E-state index contributed by atoms with van der Waals surface area (Å²) >= 11 is 0. The topological polar surface area (TPSA) is 105 Å². The van der Waals surface area contributed by atoms with Crippen molar-refractivity contribution in [2.24, 2.45) is 0 Å². The van der Waals surface area contributed by atoms with Gasteiger partial charge in [-0.3, -0.25) is 9.52 Å². The van der Waals surface area contributed by atoms with E-state index in [9.17, 15) is 18.3 Å². The normalized spacial score (nSPS) is 21.7. The van der Waals surface area contributed by atoms with Crippen LogP contribution < -0.4 is 10.0 Å². The number of aliphatic hydroxyl groups excluding tert-OH is 1. The summed E-state index contributed by atoms with van der Waals surface area (Å²) in [4.78, 5) is 11.4. The Morgan fingerprint density at radius 3 is 2.43 bits per heavy atom. The Labute approximate surface area is 136 Å². The van der Waals surface area contributed by atoms with Crippen LogP contribution in [0.15, 0.2) is 24.3 Å². The molecule has 0 aromatic heterocycles. The number of nitrogens with one attached hydrogen (secondary N) is 2. The molecule has 7 nitrogen and oxygen atoms in total. The van der Waals surface area contributed by atoms with Gasteiger partial charge in [0.15, 0.2) is 0 Å². The van der Waals surface area contributed by atoms with E-state index >= 15 is 0 Å². The molecule has 0 unspecified atom stereocenters. The summed E-state index contributed by atoms with van der Waals surface area (Å²) in [5.74, 6) is -0.286. The van der Waals surface area contributed by atoms with Crippen LogP contribution in [-0.2, 0) is 19.6 Å². The van der Waals surface area contributed by atoms with Crippen molar-refractivity contribution in [1.29, 1.82) is 0 Å². The third-order valence-corrected chi connectivity index (χ3v) is 5.64. The van der Waals surface area contributed by atoms with Crippen molar-refractivity contribution >= 4 is 27.3 Å². The number of anilines is 2. The second-order valence-electron chi connectivity index (χ2n) is 5.60. The summed E-state index contributed by atoms with van der Waals surface area (Å²) in [6.07, 6.45) is 1.79. The van der Waals surface area contributed by atoms with Gasteiger partial charge in [0, 0.05) is 18.5 Å². The molecule has 0 aliphatic heterocycles. The van der Waals surface area contributed by atoms with E-state index in [1.165, 1.54) is 7.11 Å². The molecule has 1 fully saturated rings. The summed E-state index contributed by atoms with van der Waals surface area (Å²) in [6.45, 7) is -0.0477. The van der Waals surface area contributed by atoms with Crippen LogP contribution in [0.25, 0.3) is 0 Å². The van der Waals surface area contributed by atoms with Gasteiger partial charge in [-0.2, -0.15) is 0 Å². The van der Waals surface area contributed by atoms with Crippen molar-refractivity contribution in [2.75, 3.05) is 23.8 Å². The maximum absolute atomic E-state index is 12.4. The summed E-state index contributed by atoms with van der Waals surface area (Å²) in [5.41, 5.74) is 0.945. The number of carbonyl (C=O) groups is 1. The molecule has 1 saturated carbocycles. The molecule has 1 aliphatic carbocycles. The van der Waals surface area contributed by atoms with E-state index in [1.807, 2.05) is 0 Å². The predicted molar refractivity (Wildman–Crippen MR) is 87.8 cm³/mol. The van der Waals surface area contributed by atoms with Crippen LogP contribution in [0.1, 0.15) is 25.7 Å². The lowest BCUT2D eigenvalue weighted by atomic mass is 9.97. The van der Waals surface area contributed by atoms with Crippen LogP contribution in [0.2, 0.25) is 0 Å². The Morgan fingerprint density at radius 2 is 1.83 bits per heavy atom. The number of aliphatic hydroxyl groups is 1. The van der Waals surface area contributed by atoms with Crippen molar-refractivity contribution in [2.45, 2.75) is 37.0 Å². The molecule has 1 aromatic rings. The van der Waals surface area contributed by atoms with Gasteiger partial charge in [-0.15, -0.1) is 0 Å². The highest BCUT2D eigenvalue weighted by Crippen LogP contribution is 2.26. The lowest BCUT2D eigenvalue weighted by Crippen LogP contribution is -2.40. The van der Waals surface area contributed by atoms with Gasteiger partial charge in [-0.25, -0.2) is 8.42 Å². The van der Waals surface area contributed by atoms with Crippen molar-refractivity contribution < 1.29 is 23.1 Å².